The van der Waals surface area contributed by atoms with Crippen LogP contribution in [0.15, 0.2) is 136 Å². The number of benzene rings is 6. The van der Waals surface area contributed by atoms with Gasteiger partial charge in [0.15, 0.2) is 0 Å². The number of rotatable bonds is 6. The zero-order valence-electron chi connectivity index (χ0n) is 29.0. The molecule has 0 saturated heterocycles. The molecule has 4 heteroatoms. The number of aromatic nitrogens is 2. The first-order valence-corrected chi connectivity index (χ1v) is 17.5. The standard InChI is InChI=1S/C46H38N2O2/c1-27(2)34-24-32(30-16-8-6-9-17-30)25-35(28(3)4)43(34)48-38-22-14-13-21-37(38)47-46(48)36-26-40-41(29(5)44(50-40)31-18-10-7-11-19-31)42-33-20-12-15-23-39(33)49-45(36)42/h6-28H,1-5H3. The summed E-state index contributed by atoms with van der Waals surface area (Å²) in [5.74, 6) is 2.23. The summed E-state index contributed by atoms with van der Waals surface area (Å²) in [7, 11) is 0. The van der Waals surface area contributed by atoms with Crippen LogP contribution in [0, 0.1) is 6.92 Å². The van der Waals surface area contributed by atoms with Crippen LogP contribution >= 0.6 is 0 Å². The lowest BCUT2D eigenvalue weighted by molar-refractivity contribution is 0.628. The third kappa shape index (κ3) is 4.63. The SMILES string of the molecule is Cc1c(-c2ccccc2)oc2cc(-c3nc4ccccc4n3-c3c(C(C)C)cc(-c4ccccc4)cc3C(C)C)c3oc4ccccc4c3c12. The Bertz CT molecular complexity index is 2680. The van der Waals surface area contributed by atoms with E-state index in [-0.39, 0.29) is 11.8 Å². The summed E-state index contributed by atoms with van der Waals surface area (Å²) in [6, 6.07) is 44.8. The van der Waals surface area contributed by atoms with Crippen molar-refractivity contribution in [3.8, 4) is 39.5 Å². The van der Waals surface area contributed by atoms with E-state index in [4.69, 9.17) is 13.8 Å². The molecule has 0 spiro atoms. The Hall–Kier alpha value is -5.87. The van der Waals surface area contributed by atoms with Gasteiger partial charge < -0.3 is 8.83 Å². The highest BCUT2D eigenvalue weighted by Gasteiger charge is 2.28. The number of furan rings is 2. The number of hydrogen-bond donors (Lipinski definition) is 0. The zero-order chi connectivity index (χ0) is 34.1. The van der Waals surface area contributed by atoms with Gasteiger partial charge in [0.2, 0.25) is 0 Å². The van der Waals surface area contributed by atoms with E-state index in [1.54, 1.807) is 0 Å². The molecule has 50 heavy (non-hydrogen) atoms. The second kappa shape index (κ2) is 11.6. The molecule has 3 aromatic heterocycles. The van der Waals surface area contributed by atoms with E-state index in [0.29, 0.717) is 0 Å². The van der Waals surface area contributed by atoms with Crippen LogP contribution in [-0.2, 0) is 0 Å². The normalized spacial score (nSPS) is 12.1. The zero-order valence-corrected chi connectivity index (χ0v) is 29.0. The van der Waals surface area contributed by atoms with Crippen molar-refractivity contribution in [2.75, 3.05) is 0 Å². The predicted octanol–water partition coefficient (Wildman–Crippen LogP) is 13.2. The molecule has 0 radical (unpaired) electrons. The first-order chi connectivity index (χ1) is 24.4. The van der Waals surface area contributed by atoms with E-state index in [1.807, 2.05) is 12.1 Å². The Kier molecular flexibility index (Phi) is 7.03. The van der Waals surface area contributed by atoms with Gasteiger partial charge in [-0.3, -0.25) is 4.57 Å². The van der Waals surface area contributed by atoms with Gasteiger partial charge >= 0.3 is 0 Å². The number of aryl methyl sites for hydroxylation is 1. The number of fused-ring (bicyclic) bond motifs is 6. The Balaban J connectivity index is 1.42. The fourth-order valence-corrected chi connectivity index (χ4v) is 7.71. The van der Waals surface area contributed by atoms with Gasteiger partial charge in [-0.1, -0.05) is 119 Å². The Labute approximate surface area is 291 Å². The van der Waals surface area contributed by atoms with Crippen LogP contribution in [-0.4, -0.2) is 9.55 Å². The first-order valence-electron chi connectivity index (χ1n) is 17.5. The second-order valence-corrected chi connectivity index (χ2v) is 14.0. The van der Waals surface area contributed by atoms with Crippen LogP contribution in [0.4, 0.5) is 0 Å². The maximum atomic E-state index is 6.84. The molecule has 9 rings (SSSR count). The topological polar surface area (TPSA) is 44.1 Å². The molecule has 0 N–H and O–H groups in total. The molecule has 6 aromatic carbocycles. The lowest BCUT2D eigenvalue weighted by atomic mass is 9.88. The van der Waals surface area contributed by atoms with Crippen molar-refractivity contribution >= 4 is 43.9 Å². The predicted molar refractivity (Wildman–Crippen MR) is 207 cm³/mol. The van der Waals surface area contributed by atoms with Gasteiger partial charge in [0.05, 0.1) is 22.3 Å². The maximum Gasteiger partial charge on any atom is 0.149 e. The highest BCUT2D eigenvalue weighted by atomic mass is 16.3. The van der Waals surface area contributed by atoms with Crippen LogP contribution in [0.3, 0.4) is 0 Å². The van der Waals surface area contributed by atoms with Crippen molar-refractivity contribution in [1.29, 1.82) is 0 Å². The monoisotopic (exact) mass is 650 g/mol. The van der Waals surface area contributed by atoms with Crippen molar-refractivity contribution in [2.45, 2.75) is 46.5 Å². The van der Waals surface area contributed by atoms with Gasteiger partial charge in [-0.25, -0.2) is 4.98 Å². The molecule has 0 aliphatic heterocycles. The van der Waals surface area contributed by atoms with Crippen LogP contribution in [0.1, 0.15) is 56.2 Å². The van der Waals surface area contributed by atoms with Gasteiger partial charge in [-0.2, -0.15) is 0 Å². The summed E-state index contributed by atoms with van der Waals surface area (Å²) >= 11 is 0. The van der Waals surface area contributed by atoms with Crippen molar-refractivity contribution < 1.29 is 8.83 Å². The average Bonchev–Trinajstić information content (AvgIpc) is 3.82. The van der Waals surface area contributed by atoms with Crippen molar-refractivity contribution in [2.24, 2.45) is 0 Å². The summed E-state index contributed by atoms with van der Waals surface area (Å²) in [6.45, 7) is 11.3. The molecule has 3 heterocycles. The van der Waals surface area contributed by atoms with Gasteiger partial charge in [-0.15, -0.1) is 0 Å². The summed E-state index contributed by atoms with van der Waals surface area (Å²) in [4.78, 5) is 5.42. The van der Waals surface area contributed by atoms with Crippen molar-refractivity contribution in [1.82, 2.24) is 9.55 Å². The molecule has 0 atom stereocenters. The van der Waals surface area contributed by atoms with Crippen LogP contribution in [0.25, 0.3) is 83.5 Å². The Morgan fingerprint density at radius 1 is 0.580 bits per heavy atom. The maximum absolute atomic E-state index is 6.84. The minimum atomic E-state index is 0.259. The fraction of sp³-hybridized carbons (Fsp3) is 0.152. The largest absolute Gasteiger partial charge is 0.456 e. The van der Waals surface area contributed by atoms with Gasteiger partial charge in [0.1, 0.15) is 28.3 Å². The highest BCUT2D eigenvalue weighted by molar-refractivity contribution is 6.23. The van der Waals surface area contributed by atoms with E-state index in [0.717, 1.165) is 72.2 Å². The summed E-state index contributed by atoms with van der Waals surface area (Å²) < 4.78 is 16.0. The first kappa shape index (κ1) is 30.2. The molecule has 4 nitrogen and oxygen atoms in total. The van der Waals surface area contributed by atoms with E-state index in [9.17, 15) is 0 Å². The molecule has 0 fully saturated rings. The number of para-hydroxylation sites is 3. The molecule has 0 amide bonds. The van der Waals surface area contributed by atoms with Crippen molar-refractivity contribution in [3.05, 3.63) is 144 Å². The van der Waals surface area contributed by atoms with E-state index in [2.05, 4.69) is 154 Å². The molecule has 0 aliphatic rings. The molecular weight excluding hydrogens is 613 g/mol. The van der Waals surface area contributed by atoms with E-state index in [1.165, 1.54) is 27.9 Å². The Morgan fingerprint density at radius 3 is 1.90 bits per heavy atom. The molecule has 244 valence electrons. The van der Waals surface area contributed by atoms with Crippen LogP contribution in [0.5, 0.6) is 0 Å². The molecule has 9 aromatic rings. The third-order valence-electron chi connectivity index (χ3n) is 10.1. The van der Waals surface area contributed by atoms with Gasteiger partial charge in [0.25, 0.3) is 0 Å². The van der Waals surface area contributed by atoms with Gasteiger partial charge in [0, 0.05) is 27.3 Å². The average molecular weight is 651 g/mol. The molecule has 0 saturated carbocycles. The lowest BCUT2D eigenvalue weighted by Crippen LogP contribution is -2.09. The van der Waals surface area contributed by atoms with E-state index >= 15 is 0 Å². The summed E-state index contributed by atoms with van der Waals surface area (Å²) in [6.07, 6.45) is 0. The van der Waals surface area contributed by atoms with Gasteiger partial charge in [-0.05, 0) is 77.4 Å². The molecule has 0 bridgehead atoms. The Morgan fingerprint density at radius 2 is 1.20 bits per heavy atom. The number of nitrogens with zero attached hydrogens (tertiary/aromatic N) is 2. The quantitative estimate of drug-likeness (QED) is 0.180. The minimum Gasteiger partial charge on any atom is -0.456 e. The number of imidazole rings is 1. The smallest absolute Gasteiger partial charge is 0.149 e. The minimum absolute atomic E-state index is 0.259. The highest BCUT2D eigenvalue weighted by Crippen LogP contribution is 2.47. The van der Waals surface area contributed by atoms with Crippen molar-refractivity contribution in [3.63, 3.8) is 0 Å². The lowest BCUT2D eigenvalue weighted by Gasteiger charge is -2.24. The third-order valence-corrected chi connectivity index (χ3v) is 10.1. The number of hydrogen-bond acceptors (Lipinski definition) is 3. The van der Waals surface area contributed by atoms with Crippen LogP contribution in [0.2, 0.25) is 0 Å². The summed E-state index contributed by atoms with van der Waals surface area (Å²) in [5, 5.41) is 3.20. The second-order valence-electron chi connectivity index (χ2n) is 14.0. The van der Waals surface area contributed by atoms with E-state index < -0.39 is 0 Å². The summed E-state index contributed by atoms with van der Waals surface area (Å²) in [5.41, 5.74) is 13.7. The molecule has 0 aliphatic carbocycles. The van der Waals surface area contributed by atoms with Crippen LogP contribution < -0.4 is 0 Å². The molecule has 0 unspecified atom stereocenters. The fourth-order valence-electron chi connectivity index (χ4n) is 7.71. The molecular formula is C46H38N2O2.